The largest absolute Gasteiger partial charge is 0.363 e. The molecule has 142 valence electrons. The molecule has 5 rings (SSSR count). The molecule has 11 heteroatoms. The fourth-order valence-corrected chi connectivity index (χ4v) is 4.38. The number of hydrogen-bond donors (Lipinski definition) is 1. The molecule has 3 aromatic heterocycles. The van der Waals surface area contributed by atoms with Crippen LogP contribution in [-0.4, -0.2) is 53.0 Å². The van der Waals surface area contributed by atoms with E-state index in [1.807, 2.05) is 16.6 Å². The van der Waals surface area contributed by atoms with Gasteiger partial charge in [0.05, 0.1) is 6.20 Å². The fourth-order valence-electron chi connectivity index (χ4n) is 3.41. The zero-order chi connectivity index (χ0) is 18.4. The molecule has 4 heterocycles. The summed E-state index contributed by atoms with van der Waals surface area (Å²) in [6.45, 7) is 1.85. The lowest BCUT2D eigenvalue weighted by Crippen LogP contribution is -2.51. The van der Waals surface area contributed by atoms with Crippen LogP contribution >= 0.6 is 0 Å². The molecular weight excluding hydrogens is 370 g/mol. The number of aromatic nitrogens is 5. The number of fused-ring (bicyclic) bond motifs is 1. The van der Waals surface area contributed by atoms with Crippen molar-refractivity contribution in [2.75, 3.05) is 24.5 Å². The summed E-state index contributed by atoms with van der Waals surface area (Å²) in [6, 6.07) is 3.87. The minimum atomic E-state index is -3.56. The number of anilines is 1. The first kappa shape index (κ1) is 16.6. The lowest BCUT2D eigenvalue weighted by Gasteiger charge is -2.40. The van der Waals surface area contributed by atoms with Crippen LogP contribution in [0.5, 0.6) is 0 Å². The van der Waals surface area contributed by atoms with E-state index in [1.165, 1.54) is 12.6 Å². The first-order valence-electron chi connectivity index (χ1n) is 8.96. The monoisotopic (exact) mass is 389 g/mol. The molecule has 0 aromatic carbocycles. The second-order valence-electron chi connectivity index (χ2n) is 7.13. The molecule has 0 amide bonds. The van der Waals surface area contributed by atoms with Crippen LogP contribution in [0.1, 0.15) is 31.0 Å². The fraction of sp³-hybridized carbons (Fsp3) is 0.500. The van der Waals surface area contributed by atoms with Crippen LogP contribution in [-0.2, 0) is 10.0 Å². The van der Waals surface area contributed by atoms with Gasteiger partial charge in [0.15, 0.2) is 11.5 Å². The number of hydrogen-bond acceptors (Lipinski definition) is 8. The van der Waals surface area contributed by atoms with Crippen LogP contribution < -0.4 is 9.62 Å². The molecule has 1 saturated carbocycles. The van der Waals surface area contributed by atoms with E-state index in [4.69, 9.17) is 5.10 Å². The van der Waals surface area contributed by atoms with Crippen molar-refractivity contribution in [3.8, 4) is 0 Å². The lowest BCUT2D eigenvalue weighted by molar-refractivity contribution is 0.390. The van der Waals surface area contributed by atoms with Gasteiger partial charge in [-0.3, -0.25) is 0 Å². The van der Waals surface area contributed by atoms with Crippen LogP contribution in [0.2, 0.25) is 0 Å². The lowest BCUT2D eigenvalue weighted by atomic mass is 9.85. The van der Waals surface area contributed by atoms with Gasteiger partial charge < -0.3 is 9.42 Å². The van der Waals surface area contributed by atoms with Gasteiger partial charge in [-0.15, -0.1) is 15.3 Å². The highest BCUT2D eigenvalue weighted by molar-refractivity contribution is 7.89. The number of rotatable bonds is 6. The maximum absolute atomic E-state index is 12.1. The molecule has 10 nitrogen and oxygen atoms in total. The zero-order valence-electron chi connectivity index (χ0n) is 14.5. The summed E-state index contributed by atoms with van der Waals surface area (Å²) < 4.78 is 33.2. The van der Waals surface area contributed by atoms with Gasteiger partial charge in [0.2, 0.25) is 10.0 Å². The molecule has 27 heavy (non-hydrogen) atoms. The van der Waals surface area contributed by atoms with E-state index < -0.39 is 10.0 Å². The van der Waals surface area contributed by atoms with Gasteiger partial charge in [0.1, 0.15) is 17.0 Å². The van der Waals surface area contributed by atoms with E-state index >= 15 is 0 Å². The number of nitrogens with one attached hydrogen (secondary N) is 1. The Morgan fingerprint density at radius 2 is 2.07 bits per heavy atom. The smallest absolute Gasteiger partial charge is 0.245 e. The predicted octanol–water partition coefficient (Wildman–Crippen LogP) is 0.794. The normalized spacial score (nSPS) is 18.6. The quantitative estimate of drug-likeness (QED) is 0.657. The summed E-state index contributed by atoms with van der Waals surface area (Å²) in [5.41, 5.74) is 0.763. The van der Waals surface area contributed by atoms with Gasteiger partial charge in [-0.2, -0.15) is 4.52 Å². The topological polar surface area (TPSA) is 119 Å². The molecule has 1 aliphatic heterocycles. The van der Waals surface area contributed by atoms with Crippen LogP contribution in [0, 0.1) is 5.92 Å². The Morgan fingerprint density at radius 1 is 1.22 bits per heavy atom. The molecule has 0 radical (unpaired) electrons. The van der Waals surface area contributed by atoms with Crippen molar-refractivity contribution in [3.05, 3.63) is 30.4 Å². The van der Waals surface area contributed by atoms with E-state index in [9.17, 15) is 8.42 Å². The minimum Gasteiger partial charge on any atom is -0.363 e. The standard InChI is InChI=1S/C16H19N7O3S/c24-27(25,13-7-17-26-10-13)18-6-11-8-22(9-11)15-5-4-14-19-20-16(23(14)21-15)12-2-1-3-12/h4-5,7,10-12,18H,1-3,6,8-9H2. The van der Waals surface area contributed by atoms with Crippen molar-refractivity contribution in [1.82, 2.24) is 29.7 Å². The third-order valence-electron chi connectivity index (χ3n) is 5.31. The highest BCUT2D eigenvalue weighted by Crippen LogP contribution is 2.35. The molecule has 1 saturated heterocycles. The van der Waals surface area contributed by atoms with Gasteiger partial charge in [0, 0.05) is 31.5 Å². The summed E-state index contributed by atoms with van der Waals surface area (Å²) in [5.74, 6) is 2.49. The van der Waals surface area contributed by atoms with Crippen molar-refractivity contribution >= 4 is 21.5 Å². The highest BCUT2D eigenvalue weighted by atomic mass is 32.2. The van der Waals surface area contributed by atoms with E-state index in [1.54, 1.807) is 0 Å². The molecular formula is C16H19N7O3S. The average Bonchev–Trinajstić information content (AvgIpc) is 3.22. The molecule has 0 spiro atoms. The summed E-state index contributed by atoms with van der Waals surface area (Å²) in [5, 5.41) is 16.6. The Balaban J connectivity index is 1.23. The molecule has 0 bridgehead atoms. The Labute approximate surface area is 155 Å². The first-order chi connectivity index (χ1) is 13.1. The summed E-state index contributed by atoms with van der Waals surface area (Å²) in [7, 11) is -3.56. The third kappa shape index (κ3) is 2.96. The number of sulfonamides is 1. The van der Waals surface area contributed by atoms with Crippen molar-refractivity contribution in [1.29, 1.82) is 0 Å². The first-order valence-corrected chi connectivity index (χ1v) is 10.4. The summed E-state index contributed by atoms with van der Waals surface area (Å²) in [6.07, 6.45) is 5.83. The van der Waals surface area contributed by atoms with Crippen molar-refractivity contribution < 1.29 is 12.9 Å². The molecule has 1 N–H and O–H groups in total. The van der Waals surface area contributed by atoms with E-state index in [-0.39, 0.29) is 10.8 Å². The molecule has 0 atom stereocenters. The van der Waals surface area contributed by atoms with Crippen LogP contribution in [0.15, 0.2) is 34.0 Å². The van der Waals surface area contributed by atoms with Gasteiger partial charge in [-0.25, -0.2) is 13.1 Å². The zero-order valence-corrected chi connectivity index (χ0v) is 15.3. The second-order valence-corrected chi connectivity index (χ2v) is 8.90. The van der Waals surface area contributed by atoms with Crippen molar-refractivity contribution in [2.45, 2.75) is 30.1 Å². The second kappa shape index (κ2) is 6.27. The van der Waals surface area contributed by atoms with Crippen LogP contribution in [0.3, 0.4) is 0 Å². The molecule has 0 unspecified atom stereocenters. The van der Waals surface area contributed by atoms with E-state index in [0.717, 1.165) is 49.5 Å². The van der Waals surface area contributed by atoms with Crippen molar-refractivity contribution in [3.63, 3.8) is 0 Å². The number of nitrogens with zero attached hydrogens (tertiary/aromatic N) is 6. The van der Waals surface area contributed by atoms with Gasteiger partial charge in [-0.1, -0.05) is 11.6 Å². The van der Waals surface area contributed by atoms with Crippen molar-refractivity contribution in [2.24, 2.45) is 5.92 Å². The highest BCUT2D eigenvalue weighted by Gasteiger charge is 2.31. The Morgan fingerprint density at radius 3 is 2.78 bits per heavy atom. The molecule has 1 aliphatic carbocycles. The Bertz CT molecular complexity index is 1050. The van der Waals surface area contributed by atoms with E-state index in [2.05, 4.69) is 29.5 Å². The minimum absolute atomic E-state index is 0.0435. The van der Waals surface area contributed by atoms with Crippen LogP contribution in [0.4, 0.5) is 5.82 Å². The van der Waals surface area contributed by atoms with Gasteiger partial charge >= 0.3 is 0 Å². The predicted molar refractivity (Wildman–Crippen MR) is 94.8 cm³/mol. The summed E-state index contributed by atoms with van der Waals surface area (Å²) in [4.78, 5) is 2.17. The Hall–Kier alpha value is -2.53. The van der Waals surface area contributed by atoms with Crippen LogP contribution in [0.25, 0.3) is 5.65 Å². The molecule has 2 aliphatic rings. The third-order valence-corrected chi connectivity index (χ3v) is 6.68. The maximum Gasteiger partial charge on any atom is 0.245 e. The molecule has 3 aromatic rings. The summed E-state index contributed by atoms with van der Waals surface area (Å²) >= 11 is 0. The van der Waals surface area contributed by atoms with E-state index in [0.29, 0.717) is 12.5 Å². The Kier molecular flexibility index (Phi) is 3.86. The maximum atomic E-state index is 12.1. The van der Waals surface area contributed by atoms with Gasteiger partial charge in [0.25, 0.3) is 0 Å². The van der Waals surface area contributed by atoms with Gasteiger partial charge in [-0.05, 0) is 25.0 Å². The average molecular weight is 389 g/mol. The molecule has 2 fully saturated rings. The SMILES string of the molecule is O=S(=O)(NCC1CN(c2ccc3nnc(C4CCC4)n3n2)C1)c1cnoc1.